The average Bonchev–Trinajstić information content (AvgIpc) is 2.84. The van der Waals surface area contributed by atoms with E-state index >= 15 is 0 Å². The molecule has 1 aliphatic rings. The second kappa shape index (κ2) is 8.40. The number of thioether (sulfide) groups is 1. The fraction of sp³-hybridized carbons (Fsp3) is 0.174. The van der Waals surface area contributed by atoms with E-state index in [0.29, 0.717) is 34.2 Å². The van der Waals surface area contributed by atoms with Crippen molar-refractivity contribution < 1.29 is 14.3 Å². The van der Waals surface area contributed by atoms with Gasteiger partial charge in [0, 0.05) is 4.90 Å². The zero-order valence-electron chi connectivity index (χ0n) is 15.6. The number of anilines is 1. The van der Waals surface area contributed by atoms with Crippen LogP contribution in [0.2, 0.25) is 0 Å². The molecule has 28 heavy (non-hydrogen) atoms. The van der Waals surface area contributed by atoms with Crippen molar-refractivity contribution in [3.63, 3.8) is 0 Å². The number of hydrogen-bond donors (Lipinski definition) is 1. The van der Waals surface area contributed by atoms with Gasteiger partial charge in [0.15, 0.2) is 5.75 Å². The Kier molecular flexibility index (Phi) is 5.53. The van der Waals surface area contributed by atoms with Gasteiger partial charge in [0.1, 0.15) is 22.8 Å². The molecule has 0 aliphatic carbocycles. The van der Waals surface area contributed by atoms with E-state index in [1.54, 1.807) is 11.8 Å². The van der Waals surface area contributed by atoms with Gasteiger partial charge in [0.25, 0.3) is 5.91 Å². The summed E-state index contributed by atoms with van der Waals surface area (Å²) in [5.74, 6) is 3.06. The standard InChI is InChI=1S/C23H21NO3S/c1-2-3-13-28-17-14-20(26-16-9-5-4-6-10-16)22-21(15-17)27-19-12-8-7-11-18(19)24-23(22)25/h4-12,14-15H,2-3,13H2,1H3,(H,24,25). The van der Waals surface area contributed by atoms with Gasteiger partial charge in [-0.3, -0.25) is 4.79 Å². The summed E-state index contributed by atoms with van der Waals surface area (Å²) >= 11 is 1.74. The number of unbranched alkanes of at least 4 members (excludes halogenated alkanes) is 1. The highest BCUT2D eigenvalue weighted by molar-refractivity contribution is 7.99. The Bertz CT molecular complexity index is 988. The summed E-state index contributed by atoms with van der Waals surface area (Å²) in [6.45, 7) is 2.17. The predicted octanol–water partition coefficient (Wildman–Crippen LogP) is 6.73. The van der Waals surface area contributed by atoms with Crippen LogP contribution in [0.4, 0.5) is 5.69 Å². The third-order valence-corrected chi connectivity index (χ3v) is 5.42. The molecule has 1 amide bonds. The Morgan fingerprint density at radius 2 is 1.79 bits per heavy atom. The first kappa shape index (κ1) is 18.4. The van der Waals surface area contributed by atoms with Crippen LogP contribution in [0.15, 0.2) is 71.6 Å². The molecule has 0 atom stereocenters. The summed E-state index contributed by atoms with van der Waals surface area (Å²) in [5.41, 5.74) is 1.05. The molecule has 0 unspecified atom stereocenters. The van der Waals surface area contributed by atoms with Gasteiger partial charge in [-0.15, -0.1) is 11.8 Å². The summed E-state index contributed by atoms with van der Waals surface area (Å²) < 4.78 is 12.2. The van der Waals surface area contributed by atoms with Gasteiger partial charge in [0.05, 0.1) is 5.69 Å². The lowest BCUT2D eigenvalue weighted by atomic mass is 10.1. The average molecular weight is 391 g/mol. The molecule has 0 bridgehead atoms. The Morgan fingerprint density at radius 3 is 2.61 bits per heavy atom. The van der Waals surface area contributed by atoms with E-state index in [0.717, 1.165) is 23.5 Å². The van der Waals surface area contributed by atoms with Crippen molar-refractivity contribution >= 4 is 23.4 Å². The number of hydrogen-bond acceptors (Lipinski definition) is 4. The largest absolute Gasteiger partial charge is 0.456 e. The van der Waals surface area contributed by atoms with Gasteiger partial charge in [-0.2, -0.15) is 0 Å². The summed E-state index contributed by atoms with van der Waals surface area (Å²) in [7, 11) is 0. The van der Waals surface area contributed by atoms with E-state index in [-0.39, 0.29) is 5.91 Å². The highest BCUT2D eigenvalue weighted by atomic mass is 32.2. The molecule has 5 heteroatoms. The number of carbonyl (C=O) groups excluding carboxylic acids is 1. The smallest absolute Gasteiger partial charge is 0.263 e. The van der Waals surface area contributed by atoms with E-state index in [4.69, 9.17) is 9.47 Å². The number of para-hydroxylation sites is 3. The van der Waals surface area contributed by atoms with Crippen LogP contribution in [-0.2, 0) is 0 Å². The molecule has 4 rings (SSSR count). The Hall–Kier alpha value is -2.92. The minimum atomic E-state index is -0.240. The van der Waals surface area contributed by atoms with Gasteiger partial charge in [-0.05, 0) is 48.6 Å². The lowest BCUT2D eigenvalue weighted by Crippen LogP contribution is -2.12. The molecule has 4 nitrogen and oxygen atoms in total. The van der Waals surface area contributed by atoms with Crippen LogP contribution in [0.5, 0.6) is 23.0 Å². The lowest BCUT2D eigenvalue weighted by molar-refractivity contribution is 0.102. The van der Waals surface area contributed by atoms with E-state index in [1.807, 2.05) is 66.7 Å². The molecular formula is C23H21NO3S. The van der Waals surface area contributed by atoms with Crippen molar-refractivity contribution in [2.24, 2.45) is 0 Å². The summed E-state index contributed by atoms with van der Waals surface area (Å²) in [6, 6.07) is 20.7. The number of carbonyl (C=O) groups is 1. The fourth-order valence-corrected chi connectivity index (χ4v) is 4.00. The van der Waals surface area contributed by atoms with Crippen molar-refractivity contribution in [2.75, 3.05) is 11.1 Å². The summed E-state index contributed by atoms with van der Waals surface area (Å²) in [4.78, 5) is 14.0. The monoisotopic (exact) mass is 391 g/mol. The molecule has 0 fully saturated rings. The van der Waals surface area contributed by atoms with E-state index < -0.39 is 0 Å². The first-order valence-electron chi connectivity index (χ1n) is 9.36. The molecule has 3 aromatic rings. The predicted molar refractivity (Wildman–Crippen MR) is 113 cm³/mol. The van der Waals surface area contributed by atoms with Gasteiger partial charge in [-0.1, -0.05) is 43.7 Å². The zero-order valence-corrected chi connectivity index (χ0v) is 16.4. The quantitative estimate of drug-likeness (QED) is 0.374. The molecule has 0 spiro atoms. The van der Waals surface area contributed by atoms with Gasteiger partial charge < -0.3 is 14.8 Å². The van der Waals surface area contributed by atoms with Crippen LogP contribution in [0.1, 0.15) is 30.1 Å². The molecule has 0 aromatic heterocycles. The molecule has 3 aromatic carbocycles. The molecular weight excluding hydrogens is 370 g/mol. The molecule has 1 N–H and O–H groups in total. The van der Waals surface area contributed by atoms with E-state index in [1.165, 1.54) is 0 Å². The first-order valence-corrected chi connectivity index (χ1v) is 10.3. The molecule has 1 heterocycles. The lowest BCUT2D eigenvalue weighted by Gasteiger charge is -2.15. The second-order valence-corrected chi connectivity index (χ2v) is 7.63. The summed E-state index contributed by atoms with van der Waals surface area (Å²) in [5, 5.41) is 2.93. The van der Waals surface area contributed by atoms with Gasteiger partial charge in [0.2, 0.25) is 0 Å². The fourth-order valence-electron chi connectivity index (χ4n) is 2.95. The summed E-state index contributed by atoms with van der Waals surface area (Å²) in [6.07, 6.45) is 2.26. The van der Waals surface area contributed by atoms with Gasteiger partial charge >= 0.3 is 0 Å². The van der Waals surface area contributed by atoms with Crippen molar-refractivity contribution in [3.05, 3.63) is 72.3 Å². The number of rotatable bonds is 6. The Morgan fingerprint density at radius 1 is 1.00 bits per heavy atom. The topological polar surface area (TPSA) is 47.6 Å². The van der Waals surface area contributed by atoms with E-state index in [9.17, 15) is 4.79 Å². The molecule has 0 saturated carbocycles. The zero-order chi connectivity index (χ0) is 19.3. The van der Waals surface area contributed by atoms with Crippen LogP contribution in [-0.4, -0.2) is 11.7 Å². The van der Waals surface area contributed by atoms with Crippen LogP contribution in [0.25, 0.3) is 0 Å². The first-order chi connectivity index (χ1) is 13.7. The number of amides is 1. The molecule has 1 aliphatic heterocycles. The molecule has 142 valence electrons. The minimum Gasteiger partial charge on any atom is -0.456 e. The number of nitrogens with one attached hydrogen (secondary N) is 1. The highest BCUT2D eigenvalue weighted by Crippen LogP contribution is 2.43. The molecule has 0 radical (unpaired) electrons. The normalized spacial score (nSPS) is 12.2. The number of fused-ring (bicyclic) bond motifs is 2. The van der Waals surface area contributed by atoms with Crippen molar-refractivity contribution in [2.45, 2.75) is 24.7 Å². The van der Waals surface area contributed by atoms with Crippen LogP contribution >= 0.6 is 11.8 Å². The van der Waals surface area contributed by atoms with Crippen LogP contribution in [0.3, 0.4) is 0 Å². The Labute approximate surface area is 168 Å². The second-order valence-electron chi connectivity index (χ2n) is 6.46. The minimum absolute atomic E-state index is 0.240. The number of ether oxygens (including phenoxy) is 2. The van der Waals surface area contributed by atoms with Crippen molar-refractivity contribution in [1.82, 2.24) is 0 Å². The SMILES string of the molecule is CCCCSc1cc(Oc2ccccc2)c2c(c1)Oc1ccccc1NC2=O. The van der Waals surface area contributed by atoms with E-state index in [2.05, 4.69) is 12.2 Å². The maximum atomic E-state index is 13.0. The third-order valence-electron chi connectivity index (χ3n) is 4.36. The van der Waals surface area contributed by atoms with Crippen LogP contribution in [0, 0.1) is 0 Å². The molecule has 0 saturated heterocycles. The highest BCUT2D eigenvalue weighted by Gasteiger charge is 2.26. The maximum Gasteiger partial charge on any atom is 0.263 e. The number of benzene rings is 3. The maximum absolute atomic E-state index is 13.0. The van der Waals surface area contributed by atoms with Gasteiger partial charge in [-0.25, -0.2) is 0 Å². The van der Waals surface area contributed by atoms with Crippen LogP contribution < -0.4 is 14.8 Å². The Balaban J connectivity index is 1.77. The van der Waals surface area contributed by atoms with Crippen molar-refractivity contribution in [1.29, 1.82) is 0 Å². The van der Waals surface area contributed by atoms with Crippen molar-refractivity contribution in [3.8, 4) is 23.0 Å². The third kappa shape index (κ3) is 3.99.